The van der Waals surface area contributed by atoms with Crippen LogP contribution >= 0.6 is 0 Å². The van der Waals surface area contributed by atoms with Crippen LogP contribution < -0.4 is 20.7 Å². The SMILES string of the molecule is c1ccc([Si](c2ccccc2)(c2ccc(-c3cc(-n4c5ccccc5n5c6ccccc6nc45)nc(-n4c5ccccc5n5c6ccccc6nc45)n3)cc2)c2ccc(-n3c4ccccc4c4ccccc43)cc2)cc1. The number of aromatic nitrogens is 9. The summed E-state index contributed by atoms with van der Waals surface area (Å²) in [5.41, 5.74) is 13.1. The minimum atomic E-state index is -2.98. The molecule has 356 valence electrons. The van der Waals surface area contributed by atoms with Crippen LogP contribution in [0.25, 0.3) is 106 Å². The lowest BCUT2D eigenvalue weighted by atomic mass is 10.1. The van der Waals surface area contributed by atoms with Crippen LogP contribution in [-0.4, -0.2) is 50.5 Å². The number of para-hydroxylation sites is 10. The molecule has 0 aliphatic carbocycles. The van der Waals surface area contributed by atoms with Gasteiger partial charge in [0.05, 0.1) is 60.9 Å². The van der Waals surface area contributed by atoms with Gasteiger partial charge in [-0.2, -0.15) is 4.98 Å². The summed E-state index contributed by atoms with van der Waals surface area (Å²) in [6.45, 7) is 0. The minimum absolute atomic E-state index is 0.505. The van der Waals surface area contributed by atoms with Gasteiger partial charge in [-0.15, -0.1) is 0 Å². The molecular formula is C66H43N9Si. The summed E-state index contributed by atoms with van der Waals surface area (Å²) in [5.74, 6) is 2.71. The predicted octanol–water partition coefficient (Wildman–Crippen LogP) is 12.1. The van der Waals surface area contributed by atoms with E-state index in [1.54, 1.807) is 0 Å². The molecule has 10 heteroatoms. The van der Waals surface area contributed by atoms with E-state index in [1.165, 1.54) is 42.6 Å². The van der Waals surface area contributed by atoms with E-state index < -0.39 is 8.07 Å². The van der Waals surface area contributed by atoms with E-state index in [2.05, 4.69) is 271 Å². The van der Waals surface area contributed by atoms with E-state index in [1.807, 2.05) is 12.1 Å². The number of nitrogens with zero attached hydrogens (tertiary/aromatic N) is 9. The molecule has 0 unspecified atom stereocenters. The van der Waals surface area contributed by atoms with Gasteiger partial charge in [0, 0.05) is 28.1 Å². The van der Waals surface area contributed by atoms with Crippen molar-refractivity contribution in [2.75, 3.05) is 0 Å². The van der Waals surface area contributed by atoms with Crippen LogP contribution in [0.15, 0.2) is 261 Å². The average molecular weight is 990 g/mol. The van der Waals surface area contributed by atoms with Crippen molar-refractivity contribution in [1.82, 2.24) is 42.4 Å². The second kappa shape index (κ2) is 16.4. The quantitative estimate of drug-likeness (QED) is 0.112. The summed E-state index contributed by atoms with van der Waals surface area (Å²) in [7, 11) is -2.98. The van der Waals surface area contributed by atoms with Crippen molar-refractivity contribution in [1.29, 1.82) is 0 Å². The average Bonchev–Trinajstić information content (AvgIpc) is 4.38. The lowest BCUT2D eigenvalue weighted by Gasteiger charge is -2.34. The van der Waals surface area contributed by atoms with Crippen LogP contribution in [0.5, 0.6) is 0 Å². The normalized spacial score (nSPS) is 12.2. The summed E-state index contributed by atoms with van der Waals surface area (Å²) in [5, 5.41) is 7.65. The molecule has 0 saturated heterocycles. The third-order valence-corrected chi connectivity index (χ3v) is 20.3. The van der Waals surface area contributed by atoms with Crippen molar-refractivity contribution in [2.24, 2.45) is 0 Å². The Morgan fingerprint density at radius 1 is 0.289 bits per heavy atom. The van der Waals surface area contributed by atoms with E-state index in [0.29, 0.717) is 11.8 Å². The Bertz CT molecular complexity index is 4670. The fourth-order valence-electron chi connectivity index (χ4n) is 12.2. The fourth-order valence-corrected chi connectivity index (χ4v) is 17.0. The maximum absolute atomic E-state index is 5.54. The van der Waals surface area contributed by atoms with Gasteiger partial charge >= 0.3 is 0 Å². The van der Waals surface area contributed by atoms with Crippen molar-refractivity contribution >= 4 is 106 Å². The second-order valence-electron chi connectivity index (χ2n) is 19.5. The van der Waals surface area contributed by atoms with Crippen molar-refractivity contribution < 1.29 is 0 Å². The maximum Gasteiger partial charge on any atom is 0.239 e. The first-order valence-electron chi connectivity index (χ1n) is 25.6. The number of rotatable bonds is 8. The van der Waals surface area contributed by atoms with E-state index in [4.69, 9.17) is 19.9 Å². The van der Waals surface area contributed by atoms with Gasteiger partial charge in [0.25, 0.3) is 0 Å². The lowest BCUT2D eigenvalue weighted by Crippen LogP contribution is -2.74. The van der Waals surface area contributed by atoms with Gasteiger partial charge in [-0.1, -0.05) is 182 Å². The Kier molecular flexibility index (Phi) is 9.15. The Morgan fingerprint density at radius 3 is 1.24 bits per heavy atom. The molecule has 0 spiro atoms. The van der Waals surface area contributed by atoms with Crippen molar-refractivity contribution in [3.05, 3.63) is 261 Å². The van der Waals surface area contributed by atoms with Crippen LogP contribution in [0.4, 0.5) is 0 Å². The highest BCUT2D eigenvalue weighted by molar-refractivity contribution is 7.19. The van der Waals surface area contributed by atoms with Crippen molar-refractivity contribution in [2.45, 2.75) is 0 Å². The van der Waals surface area contributed by atoms with Gasteiger partial charge in [-0.3, -0.25) is 13.4 Å². The zero-order valence-corrected chi connectivity index (χ0v) is 41.9. The summed E-state index contributed by atoms with van der Waals surface area (Å²) >= 11 is 0. The van der Waals surface area contributed by atoms with Crippen molar-refractivity contribution in [3.8, 4) is 28.7 Å². The largest absolute Gasteiger partial charge is 0.309 e. The smallest absolute Gasteiger partial charge is 0.239 e. The predicted molar refractivity (Wildman–Crippen MR) is 312 cm³/mol. The number of fused-ring (bicyclic) bond motifs is 13. The lowest BCUT2D eigenvalue weighted by molar-refractivity contribution is 0.930. The van der Waals surface area contributed by atoms with Gasteiger partial charge < -0.3 is 4.57 Å². The molecule has 0 atom stereocenters. The monoisotopic (exact) mass is 989 g/mol. The highest BCUT2D eigenvalue weighted by Gasteiger charge is 2.41. The Hall–Kier alpha value is -10.2. The third-order valence-electron chi connectivity index (χ3n) is 15.5. The molecule has 0 aliphatic rings. The van der Waals surface area contributed by atoms with Crippen LogP contribution in [0, 0.1) is 0 Å². The Labute approximate surface area is 436 Å². The van der Waals surface area contributed by atoms with Crippen LogP contribution in [0.1, 0.15) is 0 Å². The summed E-state index contributed by atoms with van der Waals surface area (Å²) < 4.78 is 11.1. The molecule has 0 fully saturated rings. The van der Waals surface area contributed by atoms with E-state index in [9.17, 15) is 0 Å². The molecule has 9 nitrogen and oxygen atoms in total. The van der Waals surface area contributed by atoms with Gasteiger partial charge in [0.2, 0.25) is 17.5 Å². The van der Waals surface area contributed by atoms with E-state index in [0.717, 1.165) is 72.6 Å². The Morgan fingerprint density at radius 2 is 0.697 bits per heavy atom. The van der Waals surface area contributed by atoms with E-state index in [-0.39, 0.29) is 0 Å². The van der Waals surface area contributed by atoms with Crippen molar-refractivity contribution in [3.63, 3.8) is 0 Å². The molecule has 76 heavy (non-hydrogen) atoms. The molecule has 0 N–H and O–H groups in total. The van der Waals surface area contributed by atoms with Gasteiger partial charge in [-0.05, 0) is 93.5 Å². The highest BCUT2D eigenvalue weighted by Crippen LogP contribution is 2.35. The molecule has 0 saturated carbocycles. The zero-order valence-electron chi connectivity index (χ0n) is 40.9. The molecule has 6 aromatic heterocycles. The molecule has 0 bridgehead atoms. The molecule has 0 aliphatic heterocycles. The number of benzene rings is 10. The summed E-state index contributed by atoms with van der Waals surface area (Å²) in [6, 6.07) is 93.8. The summed E-state index contributed by atoms with van der Waals surface area (Å²) in [4.78, 5) is 21.6. The first-order valence-corrected chi connectivity index (χ1v) is 27.6. The number of hydrogen-bond donors (Lipinski definition) is 0. The maximum atomic E-state index is 5.54. The minimum Gasteiger partial charge on any atom is -0.309 e. The molecule has 16 rings (SSSR count). The van der Waals surface area contributed by atoms with Crippen LogP contribution in [0.3, 0.4) is 0 Å². The standard InChI is InChI=1S/C66H43N9Si/c1-3-19-46(20-4-1)76(47-21-5-2-6-22-47,49-41-37-45(38-42-49)71-55-27-11-7-23-50(55)51-24-8-12-28-56(51)71)48-39-35-44(36-40-48)54-43-63(74-61-33-17-15-31-59(61)72-57-29-13-9-25-52(57)68-65(72)74)70-64(67-54)75-62-34-18-16-32-60(62)73-58-30-14-10-26-53(58)69-66(73)75/h1-43H. The molecule has 0 amide bonds. The molecule has 10 aromatic carbocycles. The third kappa shape index (κ3) is 6.07. The van der Waals surface area contributed by atoms with Gasteiger partial charge in [0.15, 0.2) is 8.07 Å². The zero-order chi connectivity index (χ0) is 49.9. The fraction of sp³-hybridized carbons (Fsp3) is 0. The van der Waals surface area contributed by atoms with E-state index >= 15 is 0 Å². The first-order chi connectivity index (χ1) is 37.7. The Balaban J connectivity index is 0.921. The number of hydrogen-bond acceptors (Lipinski definition) is 4. The molecular weight excluding hydrogens is 947 g/mol. The topological polar surface area (TPSA) is 75.2 Å². The molecule has 16 aromatic rings. The van der Waals surface area contributed by atoms with Gasteiger partial charge in [-0.25, -0.2) is 19.5 Å². The van der Waals surface area contributed by atoms with Crippen LogP contribution in [-0.2, 0) is 0 Å². The molecule has 6 heterocycles. The number of imidazole rings is 4. The molecule has 0 radical (unpaired) electrons. The van der Waals surface area contributed by atoms with Gasteiger partial charge in [0.1, 0.15) is 5.82 Å². The first kappa shape index (κ1) is 42.4. The highest BCUT2D eigenvalue weighted by atomic mass is 28.3. The summed E-state index contributed by atoms with van der Waals surface area (Å²) in [6.07, 6.45) is 0. The van der Waals surface area contributed by atoms with Crippen LogP contribution in [0.2, 0.25) is 0 Å². The second-order valence-corrected chi connectivity index (χ2v) is 23.3.